The highest BCUT2D eigenvalue weighted by Crippen LogP contribution is 2.54. The van der Waals surface area contributed by atoms with Crippen molar-refractivity contribution in [1.82, 2.24) is 0 Å². The molecule has 1 aliphatic rings. The number of hydrogen-bond donors (Lipinski definition) is 1. The van der Waals surface area contributed by atoms with Gasteiger partial charge in [-0.25, -0.2) is 8.42 Å². The van der Waals surface area contributed by atoms with Crippen molar-refractivity contribution in [2.24, 2.45) is 10.2 Å². The predicted molar refractivity (Wildman–Crippen MR) is 96.3 cm³/mol. The van der Waals surface area contributed by atoms with Gasteiger partial charge in [-0.05, 0) is 24.5 Å². The molecule has 0 fully saturated rings. The number of phenolic OH excluding ortho intramolecular Hbond substituents is 1. The van der Waals surface area contributed by atoms with E-state index in [4.69, 9.17) is 0 Å². The summed E-state index contributed by atoms with van der Waals surface area (Å²) in [6.07, 6.45) is 5.10. The SMILES string of the molecule is CCCCCc1c2c(c(O)c3cccc(N(C)S(C)(=O)=O)c13)N=N2. The molecule has 0 atom stereocenters. The summed E-state index contributed by atoms with van der Waals surface area (Å²) >= 11 is 0. The molecule has 1 N–H and O–H groups in total. The fraction of sp³-hybridized carbons (Fsp3) is 0.412. The van der Waals surface area contributed by atoms with E-state index in [1.807, 2.05) is 0 Å². The molecule has 1 aliphatic heterocycles. The Labute approximate surface area is 141 Å². The van der Waals surface area contributed by atoms with Gasteiger partial charge in [0.1, 0.15) is 5.69 Å². The van der Waals surface area contributed by atoms with Crippen LogP contribution in [0.2, 0.25) is 0 Å². The van der Waals surface area contributed by atoms with Crippen LogP contribution in [-0.2, 0) is 16.4 Å². The molecule has 1 heterocycles. The molecule has 0 aliphatic carbocycles. The van der Waals surface area contributed by atoms with Crippen LogP contribution in [0.3, 0.4) is 0 Å². The third kappa shape index (κ3) is 2.62. The summed E-state index contributed by atoms with van der Waals surface area (Å²) in [5, 5.41) is 19.9. The van der Waals surface area contributed by atoms with E-state index in [0.29, 0.717) is 22.4 Å². The summed E-state index contributed by atoms with van der Waals surface area (Å²) < 4.78 is 25.3. The molecule has 24 heavy (non-hydrogen) atoms. The number of fused-ring (bicyclic) bond motifs is 2. The Kier molecular flexibility index (Phi) is 4.21. The standard InChI is InChI=1S/C17H21N3O3S/c1-4-5-6-8-11-14-12(17(21)16-15(11)18-19-16)9-7-10-13(14)20(2)24(3,22)23/h7,9-10,21H,4-6,8H2,1-3H3. The lowest BCUT2D eigenvalue weighted by atomic mass is 9.94. The first-order valence-electron chi connectivity index (χ1n) is 8.02. The minimum absolute atomic E-state index is 0.0676. The van der Waals surface area contributed by atoms with E-state index in [9.17, 15) is 13.5 Å². The molecule has 2 aromatic rings. The van der Waals surface area contributed by atoms with Gasteiger partial charge in [0.25, 0.3) is 0 Å². The van der Waals surface area contributed by atoms with E-state index in [2.05, 4.69) is 17.2 Å². The van der Waals surface area contributed by atoms with Gasteiger partial charge in [0.05, 0.1) is 11.9 Å². The number of aromatic hydroxyl groups is 1. The molecule has 128 valence electrons. The summed E-state index contributed by atoms with van der Waals surface area (Å²) in [7, 11) is -1.88. The zero-order chi connectivity index (χ0) is 17.5. The highest BCUT2D eigenvalue weighted by atomic mass is 32.2. The predicted octanol–water partition coefficient (Wildman–Crippen LogP) is 4.40. The molecule has 7 heteroatoms. The molecule has 0 aromatic heterocycles. The average Bonchev–Trinajstić information content (AvgIpc) is 2.49. The monoisotopic (exact) mass is 347 g/mol. The fourth-order valence-corrected chi connectivity index (χ4v) is 3.56. The lowest BCUT2D eigenvalue weighted by Gasteiger charge is -2.24. The van der Waals surface area contributed by atoms with Gasteiger partial charge < -0.3 is 5.11 Å². The second kappa shape index (κ2) is 6.05. The number of hydrogen-bond acceptors (Lipinski definition) is 5. The Morgan fingerprint density at radius 3 is 2.46 bits per heavy atom. The lowest BCUT2D eigenvalue weighted by molar-refractivity contribution is 0.481. The number of aryl methyl sites for hydroxylation is 1. The van der Waals surface area contributed by atoms with Crippen LogP contribution in [0.15, 0.2) is 28.4 Å². The van der Waals surface area contributed by atoms with Crippen LogP contribution in [0.5, 0.6) is 5.75 Å². The van der Waals surface area contributed by atoms with Gasteiger partial charge in [-0.3, -0.25) is 4.31 Å². The van der Waals surface area contributed by atoms with Crippen molar-refractivity contribution in [2.75, 3.05) is 17.6 Å². The molecule has 0 saturated heterocycles. The zero-order valence-electron chi connectivity index (χ0n) is 14.1. The van der Waals surface area contributed by atoms with Crippen LogP contribution in [0.25, 0.3) is 10.8 Å². The third-order valence-corrected chi connectivity index (χ3v) is 5.64. The summed E-state index contributed by atoms with van der Waals surface area (Å²) in [6.45, 7) is 2.13. The van der Waals surface area contributed by atoms with E-state index in [-0.39, 0.29) is 5.75 Å². The number of rotatable bonds is 6. The van der Waals surface area contributed by atoms with E-state index in [1.54, 1.807) is 18.2 Å². The smallest absolute Gasteiger partial charge is 0.232 e. The molecule has 2 aromatic carbocycles. The highest BCUT2D eigenvalue weighted by Gasteiger charge is 2.27. The normalized spacial score (nSPS) is 13.0. The lowest BCUT2D eigenvalue weighted by Crippen LogP contribution is -2.25. The maximum absolute atomic E-state index is 12.0. The average molecular weight is 347 g/mol. The van der Waals surface area contributed by atoms with Gasteiger partial charge in [-0.2, -0.15) is 0 Å². The molecule has 6 nitrogen and oxygen atoms in total. The van der Waals surface area contributed by atoms with E-state index in [1.165, 1.54) is 17.6 Å². The number of azo groups is 1. The van der Waals surface area contributed by atoms with Crippen molar-refractivity contribution in [3.63, 3.8) is 0 Å². The number of benzene rings is 2. The molecule has 0 spiro atoms. The quantitative estimate of drug-likeness (QED) is 0.671. The van der Waals surface area contributed by atoms with Crippen LogP contribution in [0.4, 0.5) is 17.1 Å². The highest BCUT2D eigenvalue weighted by molar-refractivity contribution is 7.92. The van der Waals surface area contributed by atoms with Crippen molar-refractivity contribution >= 4 is 37.9 Å². The van der Waals surface area contributed by atoms with Crippen LogP contribution in [0.1, 0.15) is 31.7 Å². The second-order valence-electron chi connectivity index (χ2n) is 6.11. The maximum atomic E-state index is 12.0. The maximum Gasteiger partial charge on any atom is 0.232 e. The zero-order valence-corrected chi connectivity index (χ0v) is 14.9. The summed E-state index contributed by atoms with van der Waals surface area (Å²) in [6, 6.07) is 5.30. The van der Waals surface area contributed by atoms with Crippen molar-refractivity contribution in [3.05, 3.63) is 23.8 Å². The molecule has 0 bridgehead atoms. The minimum Gasteiger partial charge on any atom is -0.505 e. The number of anilines is 1. The number of unbranched alkanes of at least 4 members (excludes halogenated alkanes) is 2. The molecule has 0 unspecified atom stereocenters. The Balaban J connectivity index is 2.28. The van der Waals surface area contributed by atoms with Gasteiger partial charge in [-0.1, -0.05) is 31.9 Å². The van der Waals surface area contributed by atoms with Crippen LogP contribution in [0, 0.1) is 0 Å². The minimum atomic E-state index is -3.41. The molecule has 0 amide bonds. The Morgan fingerprint density at radius 2 is 1.88 bits per heavy atom. The third-order valence-electron chi connectivity index (χ3n) is 4.45. The first kappa shape index (κ1) is 16.7. The topological polar surface area (TPSA) is 82.3 Å². The van der Waals surface area contributed by atoms with Gasteiger partial charge in [-0.15, -0.1) is 10.2 Å². The van der Waals surface area contributed by atoms with Crippen LogP contribution in [-0.4, -0.2) is 26.8 Å². The molecule has 0 saturated carbocycles. The summed E-state index contributed by atoms with van der Waals surface area (Å²) in [4.78, 5) is 0. The van der Waals surface area contributed by atoms with Gasteiger partial charge in [0.2, 0.25) is 10.0 Å². The van der Waals surface area contributed by atoms with Crippen molar-refractivity contribution in [2.45, 2.75) is 32.6 Å². The summed E-state index contributed by atoms with van der Waals surface area (Å²) in [5.41, 5.74) is 2.72. The number of sulfonamides is 1. The molecular formula is C17H21N3O3S. The Morgan fingerprint density at radius 1 is 1.17 bits per heavy atom. The van der Waals surface area contributed by atoms with Crippen molar-refractivity contribution in [3.8, 4) is 5.75 Å². The first-order valence-corrected chi connectivity index (χ1v) is 9.87. The Hall–Kier alpha value is -2.15. The summed E-state index contributed by atoms with van der Waals surface area (Å²) in [5.74, 6) is 0.0676. The largest absolute Gasteiger partial charge is 0.505 e. The first-order chi connectivity index (χ1) is 11.4. The van der Waals surface area contributed by atoms with Crippen LogP contribution >= 0.6 is 0 Å². The molecular weight excluding hydrogens is 326 g/mol. The molecule has 3 rings (SSSR count). The Bertz CT molecular complexity index is 936. The van der Waals surface area contributed by atoms with E-state index in [0.717, 1.165) is 36.6 Å². The van der Waals surface area contributed by atoms with Crippen molar-refractivity contribution in [1.29, 1.82) is 0 Å². The molecule has 0 radical (unpaired) electrons. The van der Waals surface area contributed by atoms with Crippen molar-refractivity contribution < 1.29 is 13.5 Å². The van der Waals surface area contributed by atoms with Gasteiger partial charge in [0.15, 0.2) is 11.4 Å². The van der Waals surface area contributed by atoms with Gasteiger partial charge >= 0.3 is 0 Å². The number of phenols is 1. The number of nitrogens with zero attached hydrogens (tertiary/aromatic N) is 3. The van der Waals surface area contributed by atoms with E-state index >= 15 is 0 Å². The fourth-order valence-electron chi connectivity index (χ4n) is 3.05. The van der Waals surface area contributed by atoms with Crippen LogP contribution < -0.4 is 4.31 Å². The van der Waals surface area contributed by atoms with Gasteiger partial charge in [0, 0.05) is 17.8 Å². The van der Waals surface area contributed by atoms with E-state index < -0.39 is 10.0 Å². The second-order valence-corrected chi connectivity index (χ2v) is 8.13.